The molecule has 288 valence electrons. The van der Waals surface area contributed by atoms with Crippen molar-refractivity contribution in [3.63, 3.8) is 0 Å². The van der Waals surface area contributed by atoms with Gasteiger partial charge < -0.3 is 0 Å². The molecule has 0 bridgehead atoms. The highest BCUT2D eigenvalue weighted by molar-refractivity contribution is 6.08. The molecule has 2 aromatic heterocycles. The molecule has 0 saturated carbocycles. The zero-order valence-corrected chi connectivity index (χ0v) is 33.8. The SMILES string of the molecule is c1ccc(-c2ccc3ccc4ccc(-c5ccc(-c6cccc(-c7cc(-c8cccc9ccccc89)cc(-c8cccc9ccccc89)c7)c6)c6ccccc56)nc4c3n2)cc1. The molecule has 12 aromatic rings. The van der Waals surface area contributed by atoms with E-state index >= 15 is 0 Å². The fraction of sp³-hybridized carbons (Fsp3) is 0. The van der Waals surface area contributed by atoms with E-state index in [0.29, 0.717) is 0 Å². The Hall–Kier alpha value is -8.20. The van der Waals surface area contributed by atoms with Crippen LogP contribution < -0.4 is 0 Å². The number of nitrogens with zero attached hydrogens (tertiary/aromatic N) is 2. The average molecular weight is 787 g/mol. The van der Waals surface area contributed by atoms with Crippen LogP contribution in [0, 0.1) is 0 Å². The van der Waals surface area contributed by atoms with Crippen molar-refractivity contribution in [2.75, 3.05) is 0 Å². The summed E-state index contributed by atoms with van der Waals surface area (Å²) in [4.78, 5) is 10.5. The van der Waals surface area contributed by atoms with Gasteiger partial charge in [0.1, 0.15) is 0 Å². The summed E-state index contributed by atoms with van der Waals surface area (Å²) >= 11 is 0. The van der Waals surface area contributed by atoms with Crippen LogP contribution in [-0.2, 0) is 0 Å². The summed E-state index contributed by atoms with van der Waals surface area (Å²) in [6, 6.07) is 83.2. The Labute approximate surface area is 360 Å². The van der Waals surface area contributed by atoms with E-state index in [9.17, 15) is 0 Å². The number of benzene rings is 10. The molecule has 0 aliphatic heterocycles. The zero-order valence-electron chi connectivity index (χ0n) is 33.8. The van der Waals surface area contributed by atoms with Crippen LogP contribution in [0.5, 0.6) is 0 Å². The van der Waals surface area contributed by atoms with Crippen LogP contribution in [0.3, 0.4) is 0 Å². The monoisotopic (exact) mass is 786 g/mol. The molecule has 0 fully saturated rings. The molecular formula is C60H38N2. The van der Waals surface area contributed by atoms with Crippen LogP contribution >= 0.6 is 0 Å². The van der Waals surface area contributed by atoms with E-state index in [0.717, 1.165) is 49.7 Å². The van der Waals surface area contributed by atoms with Crippen molar-refractivity contribution < 1.29 is 0 Å². The first-order chi connectivity index (χ1) is 30.7. The van der Waals surface area contributed by atoms with Gasteiger partial charge in [-0.3, -0.25) is 0 Å². The smallest absolute Gasteiger partial charge is 0.0972 e. The lowest BCUT2D eigenvalue weighted by molar-refractivity contribution is 1.37. The molecule has 12 rings (SSSR count). The van der Waals surface area contributed by atoms with Gasteiger partial charge >= 0.3 is 0 Å². The molecule has 2 nitrogen and oxygen atoms in total. The van der Waals surface area contributed by atoms with Crippen molar-refractivity contribution in [2.45, 2.75) is 0 Å². The minimum atomic E-state index is 0.909. The van der Waals surface area contributed by atoms with Crippen LogP contribution in [0.25, 0.3) is 121 Å². The summed E-state index contributed by atoms with van der Waals surface area (Å²) in [5.74, 6) is 0. The highest BCUT2D eigenvalue weighted by Gasteiger charge is 2.16. The molecule has 0 unspecified atom stereocenters. The van der Waals surface area contributed by atoms with Gasteiger partial charge in [-0.1, -0.05) is 194 Å². The van der Waals surface area contributed by atoms with Crippen LogP contribution in [-0.4, -0.2) is 9.97 Å². The van der Waals surface area contributed by atoms with E-state index in [1.54, 1.807) is 0 Å². The lowest BCUT2D eigenvalue weighted by Gasteiger charge is -2.16. The molecule has 2 heterocycles. The topological polar surface area (TPSA) is 25.8 Å². The predicted molar refractivity (Wildman–Crippen MR) is 262 cm³/mol. The van der Waals surface area contributed by atoms with Gasteiger partial charge in [0, 0.05) is 21.9 Å². The number of hydrogen-bond acceptors (Lipinski definition) is 2. The molecule has 0 spiro atoms. The number of fused-ring (bicyclic) bond motifs is 6. The molecular weight excluding hydrogens is 749 g/mol. The van der Waals surface area contributed by atoms with Crippen LogP contribution in [0.2, 0.25) is 0 Å². The first kappa shape index (κ1) is 35.7. The standard InChI is InChI=1S/C60H38N2/c1-2-15-41(16-3-1)57-33-29-42-27-28-43-30-34-58(62-60(43)59(42)61-57)56-32-31-53(54-23-8-9-24-55(54)56)45-20-10-19-44(35-45)46-36-47(51-25-11-17-39-13-4-6-21-49(39)51)38-48(37-46)52-26-12-18-40-14-5-7-22-50(40)52/h1-38H. The van der Waals surface area contributed by atoms with Gasteiger partial charge in [0.2, 0.25) is 0 Å². The van der Waals surface area contributed by atoms with E-state index in [1.807, 2.05) is 6.07 Å². The number of pyridine rings is 2. The average Bonchev–Trinajstić information content (AvgIpc) is 3.35. The first-order valence-electron chi connectivity index (χ1n) is 21.2. The van der Waals surface area contributed by atoms with Gasteiger partial charge in [-0.15, -0.1) is 0 Å². The molecule has 0 aliphatic rings. The third-order valence-electron chi connectivity index (χ3n) is 12.4. The van der Waals surface area contributed by atoms with Crippen molar-refractivity contribution in [3.8, 4) is 67.0 Å². The largest absolute Gasteiger partial charge is 0.245 e. The number of rotatable bonds is 6. The normalized spacial score (nSPS) is 11.5. The van der Waals surface area contributed by atoms with E-state index in [-0.39, 0.29) is 0 Å². The quantitative estimate of drug-likeness (QED) is 0.157. The summed E-state index contributed by atoms with van der Waals surface area (Å²) in [6.07, 6.45) is 0. The fourth-order valence-corrected chi connectivity index (χ4v) is 9.39. The van der Waals surface area contributed by atoms with Gasteiger partial charge in [0.05, 0.1) is 22.4 Å². The molecule has 0 saturated heterocycles. The lowest BCUT2D eigenvalue weighted by atomic mass is 9.88. The van der Waals surface area contributed by atoms with Crippen LogP contribution in [0.1, 0.15) is 0 Å². The van der Waals surface area contributed by atoms with Crippen molar-refractivity contribution in [3.05, 3.63) is 231 Å². The predicted octanol–water partition coefficient (Wildman–Crippen LogP) is 16.2. The molecule has 0 atom stereocenters. The maximum absolute atomic E-state index is 5.36. The van der Waals surface area contributed by atoms with Crippen molar-refractivity contribution in [2.24, 2.45) is 0 Å². The Morgan fingerprint density at radius 3 is 1.29 bits per heavy atom. The van der Waals surface area contributed by atoms with Crippen LogP contribution in [0.15, 0.2) is 231 Å². The van der Waals surface area contributed by atoms with E-state index in [2.05, 4.69) is 224 Å². The number of hydrogen-bond donors (Lipinski definition) is 0. The van der Waals surface area contributed by atoms with Gasteiger partial charge in [-0.25, -0.2) is 9.97 Å². The summed E-state index contributed by atoms with van der Waals surface area (Å²) in [5, 5.41) is 9.47. The highest BCUT2D eigenvalue weighted by Crippen LogP contribution is 2.41. The van der Waals surface area contributed by atoms with Crippen molar-refractivity contribution >= 4 is 54.1 Å². The van der Waals surface area contributed by atoms with Crippen LogP contribution in [0.4, 0.5) is 0 Å². The maximum Gasteiger partial charge on any atom is 0.0972 e. The third-order valence-corrected chi connectivity index (χ3v) is 12.4. The van der Waals surface area contributed by atoms with Gasteiger partial charge in [-0.05, 0) is 113 Å². The highest BCUT2D eigenvalue weighted by atomic mass is 14.8. The summed E-state index contributed by atoms with van der Waals surface area (Å²) in [7, 11) is 0. The molecule has 0 radical (unpaired) electrons. The molecule has 0 aliphatic carbocycles. The van der Waals surface area contributed by atoms with Gasteiger partial charge in [0.15, 0.2) is 0 Å². The zero-order chi connectivity index (χ0) is 41.0. The van der Waals surface area contributed by atoms with E-state index in [4.69, 9.17) is 9.97 Å². The second kappa shape index (κ2) is 14.8. The lowest BCUT2D eigenvalue weighted by Crippen LogP contribution is -1.92. The van der Waals surface area contributed by atoms with Crippen molar-refractivity contribution in [1.82, 2.24) is 9.97 Å². The second-order valence-electron chi connectivity index (χ2n) is 16.1. The fourth-order valence-electron chi connectivity index (χ4n) is 9.39. The second-order valence-corrected chi connectivity index (χ2v) is 16.1. The number of aromatic nitrogens is 2. The summed E-state index contributed by atoms with van der Waals surface area (Å²) < 4.78 is 0. The Morgan fingerprint density at radius 2 is 0.629 bits per heavy atom. The van der Waals surface area contributed by atoms with E-state index in [1.165, 1.54) is 71.4 Å². The Balaban J connectivity index is 0.991. The van der Waals surface area contributed by atoms with Gasteiger partial charge in [-0.2, -0.15) is 0 Å². The Morgan fingerprint density at radius 1 is 0.210 bits per heavy atom. The summed E-state index contributed by atoms with van der Waals surface area (Å²) in [6.45, 7) is 0. The molecule has 62 heavy (non-hydrogen) atoms. The third kappa shape index (κ3) is 6.20. The Kier molecular flexibility index (Phi) is 8.53. The minimum absolute atomic E-state index is 0.909. The molecule has 10 aromatic carbocycles. The summed E-state index contributed by atoms with van der Waals surface area (Å²) in [5.41, 5.74) is 15.4. The molecule has 2 heteroatoms. The van der Waals surface area contributed by atoms with Crippen molar-refractivity contribution in [1.29, 1.82) is 0 Å². The molecule has 0 amide bonds. The van der Waals surface area contributed by atoms with E-state index < -0.39 is 0 Å². The van der Waals surface area contributed by atoms with Gasteiger partial charge in [0.25, 0.3) is 0 Å². The first-order valence-corrected chi connectivity index (χ1v) is 21.2. The molecule has 0 N–H and O–H groups in total. The maximum atomic E-state index is 5.36. The minimum Gasteiger partial charge on any atom is -0.245 e. The Bertz CT molecular complexity index is 3590.